The number of hydrogen-bond donors (Lipinski definition) is 4. The van der Waals surface area contributed by atoms with Gasteiger partial charge < -0.3 is 30.4 Å². The molecule has 0 bridgehead atoms. The number of aliphatic hydroxyl groups excluding tert-OH is 1. The van der Waals surface area contributed by atoms with Gasteiger partial charge in [0.1, 0.15) is 22.9 Å². The lowest BCUT2D eigenvalue weighted by atomic mass is 10.1. The van der Waals surface area contributed by atoms with Crippen molar-refractivity contribution in [2.24, 2.45) is 0 Å². The van der Waals surface area contributed by atoms with Crippen molar-refractivity contribution in [1.82, 2.24) is 24.5 Å². The van der Waals surface area contributed by atoms with Crippen LogP contribution >= 0.6 is 0 Å². The Morgan fingerprint density at radius 1 is 1.24 bits per heavy atom. The number of ether oxygens (including phenoxy) is 1. The van der Waals surface area contributed by atoms with Gasteiger partial charge in [-0.2, -0.15) is 9.61 Å². The maximum absolute atomic E-state index is 13.1. The van der Waals surface area contributed by atoms with Crippen LogP contribution in [0.15, 0.2) is 35.4 Å². The van der Waals surface area contributed by atoms with E-state index in [-0.39, 0.29) is 29.7 Å². The minimum absolute atomic E-state index is 0.0736. The number of aliphatic hydroxyl groups is 1. The molecule has 0 radical (unpaired) electrons. The fourth-order valence-electron chi connectivity index (χ4n) is 4.71. The number of fused-ring (bicyclic) bond motifs is 1. The maximum atomic E-state index is 13.1. The summed E-state index contributed by atoms with van der Waals surface area (Å²) in [6.45, 7) is 1.29. The van der Waals surface area contributed by atoms with Crippen LogP contribution in [0.25, 0.3) is 5.65 Å². The fraction of sp³-hybridized carbons (Fsp3) is 0.478. The van der Waals surface area contributed by atoms with Crippen molar-refractivity contribution in [3.05, 3.63) is 46.5 Å². The number of rotatable bonds is 6. The van der Waals surface area contributed by atoms with Crippen molar-refractivity contribution in [2.45, 2.75) is 50.3 Å². The molecular formula is C23H29N7O4. The summed E-state index contributed by atoms with van der Waals surface area (Å²) in [6.07, 6.45) is 6.45. The lowest BCUT2D eigenvalue weighted by molar-refractivity contribution is 0.0687. The number of anilines is 3. The molecule has 0 unspecified atom stereocenters. The zero-order valence-corrected chi connectivity index (χ0v) is 19.0. The molecule has 3 aromatic heterocycles. The average Bonchev–Trinajstić information content (AvgIpc) is 3.46. The van der Waals surface area contributed by atoms with Crippen LogP contribution in [0, 0.1) is 0 Å². The smallest absolute Gasteiger partial charge is 0.274 e. The fourth-order valence-corrected chi connectivity index (χ4v) is 4.71. The highest BCUT2D eigenvalue weighted by Crippen LogP contribution is 2.24. The van der Waals surface area contributed by atoms with Gasteiger partial charge in [-0.05, 0) is 44.2 Å². The summed E-state index contributed by atoms with van der Waals surface area (Å²) < 4.78 is 8.72. The third kappa shape index (κ3) is 4.36. The summed E-state index contributed by atoms with van der Waals surface area (Å²) in [7, 11) is 1.75. The number of carbonyl (C=O) groups is 1. The Morgan fingerprint density at radius 2 is 2.06 bits per heavy atom. The Kier molecular flexibility index (Phi) is 6.20. The second-order valence-electron chi connectivity index (χ2n) is 8.81. The first-order valence-electron chi connectivity index (χ1n) is 11.6. The van der Waals surface area contributed by atoms with Gasteiger partial charge in [-0.3, -0.25) is 9.59 Å². The standard InChI is InChI=1S/C23H29N7O4/c1-24-20-12-19(27-18-3-2-8-29(23(18)33)15-6-9-34-10-7-15)28-21-17(13-25-30(20)21)22(32)26-14-4-5-16(31)11-14/h2-3,8,12-16,24,31H,4-7,9-11H2,1H3,(H,26,32)(H,27,28)/t14-,16+/m0/s1. The van der Waals surface area contributed by atoms with Gasteiger partial charge in [-0.25, -0.2) is 4.98 Å². The van der Waals surface area contributed by atoms with E-state index in [2.05, 4.69) is 26.0 Å². The Morgan fingerprint density at radius 3 is 2.79 bits per heavy atom. The van der Waals surface area contributed by atoms with E-state index in [0.29, 0.717) is 54.6 Å². The summed E-state index contributed by atoms with van der Waals surface area (Å²) in [4.78, 5) is 30.7. The minimum atomic E-state index is -0.380. The van der Waals surface area contributed by atoms with Crippen LogP contribution < -0.4 is 21.5 Å². The van der Waals surface area contributed by atoms with Crippen molar-refractivity contribution in [1.29, 1.82) is 0 Å². The molecule has 5 rings (SSSR count). The van der Waals surface area contributed by atoms with Gasteiger partial charge in [0.25, 0.3) is 11.5 Å². The van der Waals surface area contributed by atoms with Crippen molar-refractivity contribution >= 4 is 28.9 Å². The summed E-state index contributed by atoms with van der Waals surface area (Å²) in [5.41, 5.74) is 0.965. The van der Waals surface area contributed by atoms with E-state index in [1.165, 1.54) is 6.20 Å². The molecule has 34 heavy (non-hydrogen) atoms. The summed E-state index contributed by atoms with van der Waals surface area (Å²) in [6, 6.07) is 5.32. The van der Waals surface area contributed by atoms with Gasteiger partial charge in [-0.1, -0.05) is 0 Å². The topological polar surface area (TPSA) is 135 Å². The third-order valence-electron chi connectivity index (χ3n) is 6.53. The number of pyridine rings is 1. The number of amides is 1. The summed E-state index contributed by atoms with van der Waals surface area (Å²) >= 11 is 0. The molecule has 180 valence electrons. The van der Waals surface area contributed by atoms with E-state index in [1.54, 1.807) is 34.5 Å². The van der Waals surface area contributed by atoms with Crippen molar-refractivity contribution < 1.29 is 14.6 Å². The predicted molar refractivity (Wildman–Crippen MR) is 127 cm³/mol. The Bertz CT molecular complexity index is 1250. The Hall–Kier alpha value is -3.44. The molecule has 4 heterocycles. The number of carbonyl (C=O) groups excluding carboxylic acids is 1. The molecule has 11 heteroatoms. The first-order valence-corrected chi connectivity index (χ1v) is 11.6. The van der Waals surface area contributed by atoms with E-state index >= 15 is 0 Å². The molecule has 4 N–H and O–H groups in total. The van der Waals surface area contributed by atoms with Gasteiger partial charge in [0.15, 0.2) is 5.65 Å². The predicted octanol–water partition coefficient (Wildman–Crippen LogP) is 1.67. The normalized spacial score (nSPS) is 21.0. The van der Waals surface area contributed by atoms with Gasteiger partial charge in [-0.15, -0.1) is 0 Å². The van der Waals surface area contributed by atoms with Crippen molar-refractivity contribution in [3.63, 3.8) is 0 Å². The molecule has 2 atom stereocenters. The lowest BCUT2D eigenvalue weighted by Crippen LogP contribution is -2.33. The van der Waals surface area contributed by atoms with E-state index in [1.807, 2.05) is 6.07 Å². The number of hydrogen-bond acceptors (Lipinski definition) is 8. The summed E-state index contributed by atoms with van der Waals surface area (Å²) in [5.74, 6) is 0.746. The van der Waals surface area contributed by atoms with Gasteiger partial charge in [0, 0.05) is 44.6 Å². The molecule has 1 amide bonds. The van der Waals surface area contributed by atoms with Gasteiger partial charge in [0.05, 0.1) is 12.3 Å². The van der Waals surface area contributed by atoms with E-state index < -0.39 is 0 Å². The van der Waals surface area contributed by atoms with Crippen LogP contribution in [0.1, 0.15) is 48.5 Å². The average molecular weight is 468 g/mol. The van der Waals surface area contributed by atoms with Crippen LogP contribution in [0.4, 0.5) is 17.3 Å². The number of aromatic nitrogens is 4. The largest absolute Gasteiger partial charge is 0.393 e. The molecular weight excluding hydrogens is 438 g/mol. The highest BCUT2D eigenvalue weighted by Gasteiger charge is 2.26. The zero-order chi connectivity index (χ0) is 23.7. The molecule has 3 aromatic rings. The SMILES string of the molecule is CNc1cc(Nc2cccn(C3CCOCC3)c2=O)nc2c(C(=O)N[C@H]3CC[C@@H](O)C3)cnn12. The monoisotopic (exact) mass is 467 g/mol. The van der Waals surface area contributed by atoms with E-state index in [0.717, 1.165) is 19.3 Å². The van der Waals surface area contributed by atoms with Crippen LogP contribution in [0.3, 0.4) is 0 Å². The second-order valence-corrected chi connectivity index (χ2v) is 8.81. The first-order chi connectivity index (χ1) is 16.5. The molecule has 2 fully saturated rings. The maximum Gasteiger partial charge on any atom is 0.274 e. The van der Waals surface area contributed by atoms with Crippen LogP contribution in [0.2, 0.25) is 0 Å². The minimum Gasteiger partial charge on any atom is -0.393 e. The Balaban J connectivity index is 1.44. The molecule has 11 nitrogen and oxygen atoms in total. The molecule has 1 saturated carbocycles. The molecule has 1 aliphatic heterocycles. The Labute approximate surface area is 196 Å². The van der Waals surface area contributed by atoms with E-state index in [4.69, 9.17) is 4.74 Å². The quantitative estimate of drug-likeness (QED) is 0.430. The molecule has 0 aromatic carbocycles. The van der Waals surface area contributed by atoms with Crippen LogP contribution in [0.5, 0.6) is 0 Å². The van der Waals surface area contributed by atoms with Crippen molar-refractivity contribution in [2.75, 3.05) is 30.9 Å². The van der Waals surface area contributed by atoms with Gasteiger partial charge in [0.2, 0.25) is 0 Å². The van der Waals surface area contributed by atoms with E-state index in [9.17, 15) is 14.7 Å². The molecule has 1 saturated heterocycles. The highest BCUT2D eigenvalue weighted by atomic mass is 16.5. The number of nitrogens with one attached hydrogen (secondary N) is 3. The molecule has 1 aliphatic carbocycles. The molecule has 0 spiro atoms. The summed E-state index contributed by atoms with van der Waals surface area (Å²) in [5, 5.41) is 23.2. The zero-order valence-electron chi connectivity index (χ0n) is 19.0. The first kappa shape index (κ1) is 22.4. The van der Waals surface area contributed by atoms with Crippen molar-refractivity contribution in [3.8, 4) is 0 Å². The highest BCUT2D eigenvalue weighted by molar-refractivity contribution is 6.00. The lowest BCUT2D eigenvalue weighted by Gasteiger charge is -2.24. The van der Waals surface area contributed by atoms with Crippen LogP contribution in [-0.4, -0.2) is 62.6 Å². The third-order valence-corrected chi connectivity index (χ3v) is 6.53. The second kappa shape index (κ2) is 9.43. The van der Waals surface area contributed by atoms with Crippen LogP contribution in [-0.2, 0) is 4.74 Å². The van der Waals surface area contributed by atoms with Gasteiger partial charge >= 0.3 is 0 Å². The number of nitrogens with zero attached hydrogens (tertiary/aromatic N) is 4. The molecule has 2 aliphatic rings.